The van der Waals surface area contributed by atoms with Crippen LogP contribution in [0, 0.1) is 0 Å². The average Bonchev–Trinajstić information content (AvgIpc) is 3.71. The molecular weight excluding hydrogens is 773 g/mol. The van der Waals surface area contributed by atoms with E-state index in [0.29, 0.717) is 0 Å². The second-order valence-corrected chi connectivity index (χ2v) is 19.8. The monoisotopic (exact) mass is 824 g/mol. The molecule has 0 saturated carbocycles. The minimum atomic E-state index is -0.111. The van der Waals surface area contributed by atoms with Gasteiger partial charge in [0.1, 0.15) is 0 Å². The van der Waals surface area contributed by atoms with Crippen LogP contribution in [0.25, 0.3) is 66.1 Å². The van der Waals surface area contributed by atoms with Crippen molar-refractivity contribution in [2.45, 2.75) is 64.2 Å². The summed E-state index contributed by atoms with van der Waals surface area (Å²) in [7, 11) is 0. The highest BCUT2D eigenvalue weighted by atomic mass is 15.1. The molecule has 0 atom stereocenters. The predicted octanol–water partition coefficient (Wildman–Crippen LogP) is 16.1. The lowest BCUT2D eigenvalue weighted by molar-refractivity contribution is 0.660. The molecule has 2 heterocycles. The van der Waals surface area contributed by atoms with Gasteiger partial charge in [0.15, 0.2) is 0 Å². The maximum atomic E-state index is 2.57. The van der Waals surface area contributed by atoms with Crippen LogP contribution in [0.5, 0.6) is 0 Å². The van der Waals surface area contributed by atoms with Crippen molar-refractivity contribution in [1.29, 1.82) is 0 Å². The van der Waals surface area contributed by atoms with Crippen LogP contribution in [0.3, 0.4) is 0 Å². The first-order valence-corrected chi connectivity index (χ1v) is 23.5. The molecule has 0 unspecified atom stereocenters. The molecule has 310 valence electrons. The highest BCUT2D eigenvalue weighted by Gasteiger charge is 2.37. The number of rotatable bonds is 4. The molecule has 64 heavy (non-hydrogen) atoms. The molecule has 0 bridgehead atoms. The SMILES string of the molecule is CC1(C)c2ccccc2-c2ccc(-c3c4ccc(N5CCCc6ccccc65)cc4c(-c4ccc5c(c4)C(C)(C)c4ccccc4-5)c4ccc(N5CCCc6ccccc65)cc34)cc21. The molecule has 13 rings (SSSR count). The predicted molar refractivity (Wildman–Crippen MR) is 271 cm³/mol. The Hall–Kier alpha value is -6.90. The Morgan fingerprint density at radius 1 is 0.359 bits per heavy atom. The van der Waals surface area contributed by atoms with Gasteiger partial charge in [0.25, 0.3) is 0 Å². The van der Waals surface area contributed by atoms with Gasteiger partial charge in [0.2, 0.25) is 0 Å². The van der Waals surface area contributed by atoms with E-state index in [4.69, 9.17) is 0 Å². The second kappa shape index (κ2) is 13.8. The molecule has 2 aliphatic carbocycles. The van der Waals surface area contributed by atoms with Gasteiger partial charge >= 0.3 is 0 Å². The zero-order chi connectivity index (χ0) is 42.9. The van der Waals surface area contributed by atoms with E-state index in [2.05, 4.69) is 207 Å². The summed E-state index contributed by atoms with van der Waals surface area (Å²) in [6.07, 6.45) is 4.52. The van der Waals surface area contributed by atoms with Crippen molar-refractivity contribution in [3.8, 4) is 44.5 Å². The van der Waals surface area contributed by atoms with Crippen molar-refractivity contribution in [2.24, 2.45) is 0 Å². The van der Waals surface area contributed by atoms with Crippen LogP contribution in [0.15, 0.2) is 170 Å². The molecule has 0 radical (unpaired) electrons. The molecule has 0 spiro atoms. The summed E-state index contributed by atoms with van der Waals surface area (Å²) >= 11 is 0. The molecule has 2 aliphatic heterocycles. The zero-order valence-corrected chi connectivity index (χ0v) is 37.3. The van der Waals surface area contributed by atoms with Gasteiger partial charge in [0.05, 0.1) is 0 Å². The molecule has 9 aromatic rings. The normalized spacial score (nSPS) is 16.2. The number of anilines is 4. The first-order chi connectivity index (χ1) is 31.3. The largest absolute Gasteiger partial charge is 0.341 e. The Balaban J connectivity index is 1.12. The summed E-state index contributed by atoms with van der Waals surface area (Å²) in [5.74, 6) is 0. The van der Waals surface area contributed by atoms with Crippen LogP contribution < -0.4 is 9.80 Å². The molecule has 0 N–H and O–H groups in total. The van der Waals surface area contributed by atoms with E-state index in [1.54, 1.807) is 0 Å². The second-order valence-electron chi connectivity index (χ2n) is 19.8. The van der Waals surface area contributed by atoms with E-state index in [0.717, 1.165) is 38.8 Å². The first-order valence-electron chi connectivity index (χ1n) is 23.5. The van der Waals surface area contributed by atoms with E-state index in [9.17, 15) is 0 Å². The highest BCUT2D eigenvalue weighted by Crippen LogP contribution is 2.54. The highest BCUT2D eigenvalue weighted by molar-refractivity contribution is 6.23. The lowest BCUT2D eigenvalue weighted by atomic mass is 9.79. The number of aryl methyl sites for hydroxylation is 2. The minimum absolute atomic E-state index is 0.111. The van der Waals surface area contributed by atoms with Gasteiger partial charge in [-0.25, -0.2) is 0 Å². The molecule has 2 nitrogen and oxygen atoms in total. The summed E-state index contributed by atoms with van der Waals surface area (Å²) in [5.41, 5.74) is 24.1. The number of benzene rings is 9. The van der Waals surface area contributed by atoms with Gasteiger partial charge in [-0.3, -0.25) is 0 Å². The quantitative estimate of drug-likeness (QED) is 0.163. The van der Waals surface area contributed by atoms with E-state index in [1.165, 1.54) is 122 Å². The Labute approximate surface area is 377 Å². The van der Waals surface area contributed by atoms with Crippen molar-refractivity contribution in [3.63, 3.8) is 0 Å². The summed E-state index contributed by atoms with van der Waals surface area (Å²) in [4.78, 5) is 5.14. The number of hydrogen-bond donors (Lipinski definition) is 0. The van der Waals surface area contributed by atoms with Crippen LogP contribution in [-0.4, -0.2) is 13.1 Å². The average molecular weight is 825 g/mol. The number of hydrogen-bond acceptors (Lipinski definition) is 2. The summed E-state index contributed by atoms with van der Waals surface area (Å²) in [6.45, 7) is 11.6. The van der Waals surface area contributed by atoms with Gasteiger partial charge in [0, 0.05) is 46.7 Å². The van der Waals surface area contributed by atoms with Gasteiger partial charge in [-0.15, -0.1) is 0 Å². The molecule has 0 amide bonds. The third-order valence-corrected chi connectivity index (χ3v) is 15.7. The standard InChI is InChI=1S/C62H52N2/c1-61(2)53-21-9-7-19-45(53)47-29-25-41(35-55(47)61)59-49-31-27-44(64-34-14-18-40-16-6-12-24-58(40)64)38-52(49)60(42-26-30-48-46-20-8-10-22-54(46)62(3,4)56(48)36-42)50-32-28-43(37-51(50)59)63-33-13-17-39-15-5-11-23-57(39)63/h5-12,15-16,19-32,35-38H,13-14,17-18,33-34H2,1-4H3. The van der Waals surface area contributed by atoms with E-state index in [1.807, 2.05) is 0 Å². The fourth-order valence-electron chi connectivity index (χ4n) is 12.5. The molecule has 2 heteroatoms. The molecule has 0 saturated heterocycles. The molecule has 4 aliphatic rings. The smallest absolute Gasteiger partial charge is 0.0443 e. The van der Waals surface area contributed by atoms with Crippen molar-refractivity contribution in [3.05, 3.63) is 203 Å². The molecule has 0 aromatic heterocycles. The maximum absolute atomic E-state index is 2.57. The fourth-order valence-corrected chi connectivity index (χ4v) is 12.5. The lowest BCUT2D eigenvalue weighted by Crippen LogP contribution is -2.24. The first kappa shape index (κ1) is 37.6. The zero-order valence-electron chi connectivity index (χ0n) is 37.3. The third kappa shape index (κ3) is 5.38. The Morgan fingerprint density at radius 2 is 0.766 bits per heavy atom. The van der Waals surface area contributed by atoms with Crippen LogP contribution in [0.2, 0.25) is 0 Å². The van der Waals surface area contributed by atoms with Gasteiger partial charge < -0.3 is 9.80 Å². The van der Waals surface area contributed by atoms with Crippen LogP contribution in [0.4, 0.5) is 22.7 Å². The Bertz CT molecular complexity index is 3190. The van der Waals surface area contributed by atoms with Gasteiger partial charge in [-0.05, 0) is 174 Å². The van der Waals surface area contributed by atoms with Crippen LogP contribution in [0.1, 0.15) is 73.9 Å². The number of para-hydroxylation sites is 2. The van der Waals surface area contributed by atoms with Crippen molar-refractivity contribution in [1.82, 2.24) is 0 Å². The van der Waals surface area contributed by atoms with Crippen molar-refractivity contribution < 1.29 is 0 Å². The van der Waals surface area contributed by atoms with Crippen LogP contribution in [-0.2, 0) is 23.7 Å². The van der Waals surface area contributed by atoms with E-state index >= 15 is 0 Å². The maximum Gasteiger partial charge on any atom is 0.0443 e. The summed E-state index contributed by atoms with van der Waals surface area (Å²) < 4.78 is 0. The summed E-state index contributed by atoms with van der Waals surface area (Å²) in [6, 6.07) is 65.6. The Morgan fingerprint density at radius 3 is 1.23 bits per heavy atom. The number of fused-ring (bicyclic) bond motifs is 10. The van der Waals surface area contributed by atoms with Crippen LogP contribution >= 0.6 is 0 Å². The van der Waals surface area contributed by atoms with Crippen molar-refractivity contribution >= 4 is 44.3 Å². The van der Waals surface area contributed by atoms with Gasteiger partial charge in [-0.2, -0.15) is 0 Å². The van der Waals surface area contributed by atoms with E-state index in [-0.39, 0.29) is 10.8 Å². The number of nitrogens with zero attached hydrogens (tertiary/aromatic N) is 2. The topological polar surface area (TPSA) is 6.48 Å². The summed E-state index contributed by atoms with van der Waals surface area (Å²) in [5, 5.41) is 5.19. The van der Waals surface area contributed by atoms with E-state index < -0.39 is 0 Å². The fraction of sp³-hybridized carbons (Fsp3) is 0.194. The Kier molecular flexibility index (Phi) is 8.11. The van der Waals surface area contributed by atoms with Crippen molar-refractivity contribution in [2.75, 3.05) is 22.9 Å². The molecular formula is C62H52N2. The van der Waals surface area contributed by atoms with Gasteiger partial charge in [-0.1, -0.05) is 149 Å². The minimum Gasteiger partial charge on any atom is -0.341 e. The third-order valence-electron chi connectivity index (χ3n) is 15.7. The lowest BCUT2D eigenvalue weighted by Gasteiger charge is -2.33. The molecule has 9 aromatic carbocycles. The molecule has 0 fully saturated rings.